The number of benzene rings is 1. The molecule has 0 unspecified atom stereocenters. The maximum Gasteiger partial charge on any atom is 0.288 e. The smallest absolute Gasteiger partial charge is 0.288 e. The lowest BCUT2D eigenvalue weighted by Crippen LogP contribution is -2.53. The molecule has 5 rings (SSSR count). The molecular formula is C25H27F4IN6O2. The van der Waals surface area contributed by atoms with E-state index in [0.29, 0.717) is 15.9 Å². The summed E-state index contributed by atoms with van der Waals surface area (Å²) in [6.07, 6.45) is 3.14. The highest BCUT2D eigenvalue weighted by Crippen LogP contribution is 2.54. The highest BCUT2D eigenvalue weighted by Gasteiger charge is 2.51. The van der Waals surface area contributed by atoms with E-state index >= 15 is 0 Å². The summed E-state index contributed by atoms with van der Waals surface area (Å²) in [6.45, 7) is 1.21. The lowest BCUT2D eigenvalue weighted by Gasteiger charge is -2.37. The second-order valence-electron chi connectivity index (χ2n) is 10.5. The summed E-state index contributed by atoms with van der Waals surface area (Å²) in [4.78, 5) is 36.6. The third-order valence-electron chi connectivity index (χ3n) is 7.34. The molecule has 3 fully saturated rings. The summed E-state index contributed by atoms with van der Waals surface area (Å²) in [6, 6.07) is 6.72. The molecule has 1 spiro atoms. The second-order valence-corrected chi connectivity index (χ2v) is 11.7. The molecule has 204 valence electrons. The number of halogens is 5. The maximum absolute atomic E-state index is 13.9. The van der Waals surface area contributed by atoms with Crippen LogP contribution in [0.3, 0.4) is 0 Å². The average molecular weight is 646 g/mol. The number of rotatable bonds is 4. The van der Waals surface area contributed by atoms with Gasteiger partial charge >= 0.3 is 0 Å². The van der Waals surface area contributed by atoms with Crippen LogP contribution in [0.2, 0.25) is 0 Å². The first-order chi connectivity index (χ1) is 17.8. The van der Waals surface area contributed by atoms with Gasteiger partial charge in [-0.2, -0.15) is 0 Å². The first-order valence-electron chi connectivity index (χ1n) is 12.4. The third kappa shape index (κ3) is 5.96. The Balaban J connectivity index is 1.28. The number of hydrogen-bond donors (Lipinski definition) is 2. The SMILES string of the molecule is Cc1cc(C(=O)NNC(=O)c2ccc(I)cc2N2CCC3(CC2)CC3)nc(N2CC(F)(F)CC(F)(F)C2)n1. The molecule has 2 saturated heterocycles. The van der Waals surface area contributed by atoms with Crippen LogP contribution in [0.5, 0.6) is 0 Å². The number of carbonyl (C=O) groups is 2. The molecule has 3 aliphatic rings. The zero-order valence-electron chi connectivity index (χ0n) is 20.7. The largest absolute Gasteiger partial charge is 0.371 e. The van der Waals surface area contributed by atoms with E-state index in [9.17, 15) is 27.2 Å². The molecular weight excluding hydrogens is 619 g/mol. The number of aryl methyl sites for hydroxylation is 1. The van der Waals surface area contributed by atoms with Gasteiger partial charge in [-0.1, -0.05) is 0 Å². The lowest BCUT2D eigenvalue weighted by atomic mass is 9.93. The van der Waals surface area contributed by atoms with E-state index in [4.69, 9.17) is 0 Å². The van der Waals surface area contributed by atoms with Crippen molar-refractivity contribution in [3.05, 3.63) is 44.8 Å². The van der Waals surface area contributed by atoms with Gasteiger partial charge in [0.15, 0.2) is 0 Å². The lowest BCUT2D eigenvalue weighted by molar-refractivity contribution is -0.122. The fraction of sp³-hybridized carbons (Fsp3) is 0.520. The molecule has 8 nitrogen and oxygen atoms in total. The van der Waals surface area contributed by atoms with Crippen molar-refractivity contribution in [3.8, 4) is 0 Å². The van der Waals surface area contributed by atoms with E-state index in [1.807, 2.05) is 6.07 Å². The number of nitrogens with one attached hydrogen (secondary N) is 2. The minimum absolute atomic E-state index is 0.224. The van der Waals surface area contributed by atoms with Crippen LogP contribution < -0.4 is 20.7 Å². The molecule has 13 heteroatoms. The van der Waals surface area contributed by atoms with E-state index < -0.39 is 49.1 Å². The fourth-order valence-electron chi connectivity index (χ4n) is 5.16. The van der Waals surface area contributed by atoms with Gasteiger partial charge < -0.3 is 9.80 Å². The summed E-state index contributed by atoms with van der Waals surface area (Å²) in [5.41, 5.74) is 6.31. The Morgan fingerprint density at radius 2 is 1.53 bits per heavy atom. The van der Waals surface area contributed by atoms with Crippen LogP contribution in [-0.2, 0) is 0 Å². The molecule has 0 bridgehead atoms. The van der Waals surface area contributed by atoms with E-state index in [1.165, 1.54) is 25.8 Å². The van der Waals surface area contributed by atoms with Crippen molar-refractivity contribution in [1.82, 2.24) is 20.8 Å². The van der Waals surface area contributed by atoms with Gasteiger partial charge in [0.25, 0.3) is 23.7 Å². The quantitative estimate of drug-likeness (QED) is 0.292. The summed E-state index contributed by atoms with van der Waals surface area (Å²) in [7, 11) is 0. The Kier molecular flexibility index (Phi) is 6.93. The van der Waals surface area contributed by atoms with Crippen molar-refractivity contribution < 1.29 is 27.2 Å². The van der Waals surface area contributed by atoms with Crippen LogP contribution in [0.25, 0.3) is 0 Å². The molecule has 3 heterocycles. The van der Waals surface area contributed by atoms with Gasteiger partial charge in [-0.15, -0.1) is 0 Å². The molecule has 2 aliphatic heterocycles. The van der Waals surface area contributed by atoms with Crippen LogP contribution in [-0.4, -0.2) is 59.8 Å². The average Bonchev–Trinajstić information content (AvgIpc) is 3.59. The van der Waals surface area contributed by atoms with Crippen LogP contribution >= 0.6 is 22.6 Å². The number of carbonyl (C=O) groups excluding carboxylic acids is 2. The van der Waals surface area contributed by atoms with Gasteiger partial charge in [-0.25, -0.2) is 27.5 Å². The summed E-state index contributed by atoms with van der Waals surface area (Å²) < 4.78 is 56.5. The number of nitrogens with zero attached hydrogens (tertiary/aromatic N) is 4. The summed E-state index contributed by atoms with van der Waals surface area (Å²) in [5, 5.41) is 0. The van der Waals surface area contributed by atoms with Crippen molar-refractivity contribution in [2.24, 2.45) is 5.41 Å². The molecule has 0 atom stereocenters. The number of aromatic nitrogens is 2. The Labute approximate surface area is 230 Å². The first-order valence-corrected chi connectivity index (χ1v) is 13.4. The molecule has 2 N–H and O–H groups in total. The highest BCUT2D eigenvalue weighted by atomic mass is 127. The van der Waals surface area contributed by atoms with E-state index in [1.54, 1.807) is 12.1 Å². The van der Waals surface area contributed by atoms with Crippen molar-refractivity contribution >= 4 is 46.0 Å². The van der Waals surface area contributed by atoms with Crippen LogP contribution in [0.4, 0.5) is 29.2 Å². The van der Waals surface area contributed by atoms with Gasteiger partial charge in [0.2, 0.25) is 5.95 Å². The number of amides is 2. The van der Waals surface area contributed by atoms with Crippen molar-refractivity contribution in [2.45, 2.75) is 50.9 Å². The predicted octanol–water partition coefficient (Wildman–Crippen LogP) is 4.33. The van der Waals surface area contributed by atoms with Gasteiger partial charge in [-0.05, 0) is 84.9 Å². The molecule has 38 heavy (non-hydrogen) atoms. The van der Waals surface area contributed by atoms with Crippen LogP contribution in [0.15, 0.2) is 24.3 Å². The molecule has 2 aromatic rings. The molecule has 1 aromatic heterocycles. The van der Waals surface area contributed by atoms with Crippen molar-refractivity contribution in [2.75, 3.05) is 36.0 Å². The monoisotopic (exact) mass is 646 g/mol. The summed E-state index contributed by atoms with van der Waals surface area (Å²) >= 11 is 2.19. The second kappa shape index (κ2) is 9.79. The first kappa shape index (κ1) is 26.9. The zero-order valence-corrected chi connectivity index (χ0v) is 22.8. The number of hydrogen-bond acceptors (Lipinski definition) is 6. The molecule has 2 amide bonds. The minimum Gasteiger partial charge on any atom is -0.371 e. The molecule has 0 radical (unpaired) electrons. The number of piperidine rings is 2. The van der Waals surface area contributed by atoms with Crippen molar-refractivity contribution in [3.63, 3.8) is 0 Å². The zero-order chi connectivity index (χ0) is 27.3. The van der Waals surface area contributed by atoms with Gasteiger partial charge in [-0.3, -0.25) is 20.4 Å². The minimum atomic E-state index is -3.63. The Morgan fingerprint density at radius 1 is 0.895 bits per heavy atom. The van der Waals surface area contributed by atoms with Gasteiger partial charge in [0.1, 0.15) is 5.69 Å². The fourth-order valence-corrected chi connectivity index (χ4v) is 5.63. The predicted molar refractivity (Wildman–Crippen MR) is 141 cm³/mol. The van der Waals surface area contributed by atoms with E-state index in [2.05, 4.69) is 48.3 Å². The standard InChI is InChI=1S/C25H27F4IN6O2/c1-15-10-18(32-22(31-15)36-13-24(26,27)12-25(28,29)14-36)21(38)34-33-20(37)17-3-2-16(30)11-19(17)35-8-6-23(4-5-23)7-9-35/h2-3,10-11H,4-9,12-14H2,1H3,(H,33,37)(H,34,38). The van der Waals surface area contributed by atoms with Gasteiger partial charge in [0, 0.05) is 22.4 Å². The highest BCUT2D eigenvalue weighted by molar-refractivity contribution is 14.1. The Hall–Kier alpha value is -2.71. The number of anilines is 2. The van der Waals surface area contributed by atoms with E-state index in [0.717, 1.165) is 35.2 Å². The third-order valence-corrected chi connectivity index (χ3v) is 8.01. The number of alkyl halides is 4. The van der Waals surface area contributed by atoms with E-state index in [-0.39, 0.29) is 11.4 Å². The molecule has 1 aromatic carbocycles. The van der Waals surface area contributed by atoms with Crippen molar-refractivity contribution in [1.29, 1.82) is 0 Å². The van der Waals surface area contributed by atoms with Gasteiger partial charge in [0.05, 0.1) is 30.8 Å². The Morgan fingerprint density at radius 3 is 2.16 bits per heavy atom. The number of hydrazine groups is 1. The molecule has 1 aliphatic carbocycles. The normalized spacial score (nSPS) is 21.2. The van der Waals surface area contributed by atoms with Crippen LogP contribution in [0.1, 0.15) is 58.6 Å². The van der Waals surface area contributed by atoms with Crippen LogP contribution in [0, 0.1) is 15.9 Å². The topological polar surface area (TPSA) is 90.5 Å². The summed E-state index contributed by atoms with van der Waals surface area (Å²) in [5.74, 6) is -9.04. The molecule has 1 saturated carbocycles. The maximum atomic E-state index is 13.9. The Bertz CT molecular complexity index is 1250.